The Bertz CT molecular complexity index is 714. The highest BCUT2D eigenvalue weighted by Gasteiger charge is 2.36. The van der Waals surface area contributed by atoms with Crippen molar-refractivity contribution in [2.24, 2.45) is 29.4 Å². The Morgan fingerprint density at radius 2 is 1.77 bits per heavy atom. The summed E-state index contributed by atoms with van der Waals surface area (Å²) in [6, 6.07) is 10.1. The van der Waals surface area contributed by atoms with Crippen LogP contribution >= 0.6 is 0 Å². The standard InChI is InChI=1S/C30H49NO4/c1-23(32)29(30(34)35)28(19-18-24-12-6-4-7-13-24)26(20-21-31)16-10-2-3-11-17-27(33)22-25-14-8-5-9-15-25/h4,6-7,11-13,17,23,25-29,32-33H,2-3,5,8-10,14-16,18-22,31H2,1H3,(H,34,35)/t23-,26-,27-,28+,29-/m0/s1. The molecule has 5 nitrogen and oxygen atoms in total. The SMILES string of the molecule is C[C@H](O)[C@H](C(=O)O)[C@H](CCc1ccccc1)[C@H](CCN)CCCCC=C[C@H](O)CC1CCCCC1. The second-order valence-corrected chi connectivity index (χ2v) is 10.6. The second kappa shape index (κ2) is 16.9. The van der Waals surface area contributed by atoms with E-state index < -0.39 is 18.0 Å². The summed E-state index contributed by atoms with van der Waals surface area (Å²) >= 11 is 0. The van der Waals surface area contributed by atoms with Gasteiger partial charge in [0, 0.05) is 0 Å². The molecule has 0 bridgehead atoms. The van der Waals surface area contributed by atoms with Gasteiger partial charge in [-0.2, -0.15) is 0 Å². The van der Waals surface area contributed by atoms with Gasteiger partial charge in [-0.1, -0.05) is 87.4 Å². The summed E-state index contributed by atoms with van der Waals surface area (Å²) in [6.45, 7) is 2.11. The third kappa shape index (κ3) is 11.3. The predicted molar refractivity (Wildman–Crippen MR) is 143 cm³/mol. The number of aliphatic carboxylic acids is 1. The van der Waals surface area contributed by atoms with E-state index in [0.717, 1.165) is 51.4 Å². The maximum Gasteiger partial charge on any atom is 0.309 e. The van der Waals surface area contributed by atoms with Crippen LogP contribution in [0.3, 0.4) is 0 Å². The third-order valence-corrected chi connectivity index (χ3v) is 7.87. The van der Waals surface area contributed by atoms with Crippen molar-refractivity contribution in [1.29, 1.82) is 0 Å². The largest absolute Gasteiger partial charge is 0.481 e. The number of carboxylic acids is 1. The molecule has 1 aromatic rings. The monoisotopic (exact) mass is 487 g/mol. The second-order valence-electron chi connectivity index (χ2n) is 10.6. The minimum atomic E-state index is -0.921. The highest BCUT2D eigenvalue weighted by molar-refractivity contribution is 5.71. The Balaban J connectivity index is 1.88. The quantitative estimate of drug-likeness (QED) is 0.166. The van der Waals surface area contributed by atoms with Crippen LogP contribution in [0, 0.1) is 23.7 Å². The van der Waals surface area contributed by atoms with Gasteiger partial charge in [0.15, 0.2) is 0 Å². The number of rotatable bonds is 17. The number of unbranched alkanes of at least 4 members (excludes halogenated alkanes) is 2. The lowest BCUT2D eigenvalue weighted by molar-refractivity contribution is -0.149. The first kappa shape index (κ1) is 29.5. The molecule has 0 heterocycles. The molecule has 0 aliphatic heterocycles. The van der Waals surface area contributed by atoms with Crippen molar-refractivity contribution in [3.8, 4) is 0 Å². The van der Waals surface area contributed by atoms with Crippen LogP contribution < -0.4 is 5.73 Å². The van der Waals surface area contributed by atoms with Gasteiger partial charge in [0.2, 0.25) is 0 Å². The number of aliphatic hydroxyl groups excluding tert-OH is 2. The fraction of sp³-hybridized carbons (Fsp3) is 0.700. The number of allylic oxidation sites excluding steroid dienone is 1. The molecule has 0 aromatic heterocycles. The van der Waals surface area contributed by atoms with Crippen molar-refractivity contribution in [3.05, 3.63) is 48.0 Å². The van der Waals surface area contributed by atoms with Crippen molar-refractivity contribution in [3.63, 3.8) is 0 Å². The summed E-state index contributed by atoms with van der Waals surface area (Å²) in [6.07, 6.45) is 16.3. The van der Waals surface area contributed by atoms with Crippen molar-refractivity contribution in [2.75, 3.05) is 6.54 Å². The van der Waals surface area contributed by atoms with Crippen LogP contribution in [-0.2, 0) is 11.2 Å². The van der Waals surface area contributed by atoms with E-state index in [1.807, 2.05) is 24.3 Å². The van der Waals surface area contributed by atoms with E-state index >= 15 is 0 Å². The van der Waals surface area contributed by atoms with E-state index in [1.165, 1.54) is 37.7 Å². The van der Waals surface area contributed by atoms with E-state index in [4.69, 9.17) is 5.73 Å². The number of benzene rings is 1. The zero-order valence-corrected chi connectivity index (χ0v) is 21.7. The fourth-order valence-corrected chi connectivity index (χ4v) is 5.99. The summed E-state index contributed by atoms with van der Waals surface area (Å²) in [5.74, 6) is -0.992. The number of carboxylic acid groups (broad SMARTS) is 1. The molecule has 2 rings (SSSR count). The zero-order valence-electron chi connectivity index (χ0n) is 21.7. The lowest BCUT2D eigenvalue weighted by atomic mass is 9.72. The topological polar surface area (TPSA) is 104 Å². The smallest absolute Gasteiger partial charge is 0.309 e. The molecule has 0 saturated heterocycles. The van der Waals surface area contributed by atoms with Crippen LogP contribution in [0.5, 0.6) is 0 Å². The summed E-state index contributed by atoms with van der Waals surface area (Å²) in [5.41, 5.74) is 7.13. The average Bonchev–Trinajstić information content (AvgIpc) is 2.84. The third-order valence-electron chi connectivity index (χ3n) is 7.87. The van der Waals surface area contributed by atoms with Gasteiger partial charge in [0.05, 0.1) is 18.1 Å². The number of carbonyl (C=O) groups is 1. The first-order valence-electron chi connectivity index (χ1n) is 13.9. The van der Waals surface area contributed by atoms with Crippen LogP contribution in [0.1, 0.15) is 89.5 Å². The highest BCUT2D eigenvalue weighted by atomic mass is 16.4. The maximum atomic E-state index is 12.1. The molecule has 1 aromatic carbocycles. The van der Waals surface area contributed by atoms with Gasteiger partial charge in [-0.15, -0.1) is 0 Å². The number of hydrogen-bond donors (Lipinski definition) is 4. The zero-order chi connectivity index (χ0) is 25.5. The fourth-order valence-electron chi connectivity index (χ4n) is 5.99. The molecule has 0 amide bonds. The molecule has 0 unspecified atom stereocenters. The summed E-state index contributed by atoms with van der Waals surface area (Å²) in [5, 5.41) is 30.6. The highest BCUT2D eigenvalue weighted by Crippen LogP contribution is 2.35. The van der Waals surface area contributed by atoms with Crippen LogP contribution in [0.4, 0.5) is 0 Å². The van der Waals surface area contributed by atoms with Gasteiger partial charge in [0.1, 0.15) is 0 Å². The van der Waals surface area contributed by atoms with Crippen molar-refractivity contribution < 1.29 is 20.1 Å². The Morgan fingerprint density at radius 3 is 2.40 bits per heavy atom. The molecule has 198 valence electrons. The maximum absolute atomic E-state index is 12.1. The van der Waals surface area contributed by atoms with E-state index in [0.29, 0.717) is 12.5 Å². The van der Waals surface area contributed by atoms with E-state index in [2.05, 4.69) is 18.2 Å². The van der Waals surface area contributed by atoms with E-state index in [-0.39, 0.29) is 17.9 Å². The Morgan fingerprint density at radius 1 is 1.06 bits per heavy atom. The molecular weight excluding hydrogens is 438 g/mol. The van der Waals surface area contributed by atoms with Crippen molar-refractivity contribution in [2.45, 2.75) is 103 Å². The molecule has 5 heteroatoms. The first-order valence-corrected chi connectivity index (χ1v) is 13.9. The minimum Gasteiger partial charge on any atom is -0.481 e. The normalized spacial score (nSPS) is 19.3. The van der Waals surface area contributed by atoms with Gasteiger partial charge in [-0.3, -0.25) is 4.79 Å². The van der Waals surface area contributed by atoms with Crippen LogP contribution in [-0.4, -0.2) is 40.0 Å². The van der Waals surface area contributed by atoms with Crippen LogP contribution in [0.25, 0.3) is 0 Å². The van der Waals surface area contributed by atoms with Gasteiger partial charge >= 0.3 is 5.97 Å². The number of nitrogens with two attached hydrogens (primary N) is 1. The number of aliphatic hydroxyl groups is 2. The average molecular weight is 488 g/mol. The predicted octanol–water partition coefficient (Wildman–Crippen LogP) is 5.73. The molecule has 35 heavy (non-hydrogen) atoms. The molecule has 1 saturated carbocycles. The number of hydrogen-bond acceptors (Lipinski definition) is 4. The summed E-state index contributed by atoms with van der Waals surface area (Å²) < 4.78 is 0. The summed E-state index contributed by atoms with van der Waals surface area (Å²) in [4.78, 5) is 12.1. The number of aryl methyl sites for hydroxylation is 1. The summed E-state index contributed by atoms with van der Waals surface area (Å²) in [7, 11) is 0. The Hall–Kier alpha value is -1.69. The van der Waals surface area contributed by atoms with Gasteiger partial charge in [0.25, 0.3) is 0 Å². The molecular formula is C30H49NO4. The lowest BCUT2D eigenvalue weighted by Crippen LogP contribution is -2.38. The molecule has 0 spiro atoms. The first-order chi connectivity index (χ1) is 16.9. The molecule has 1 aliphatic rings. The minimum absolute atomic E-state index is 0.121. The molecule has 5 atom stereocenters. The van der Waals surface area contributed by atoms with E-state index in [1.54, 1.807) is 6.92 Å². The Labute approximate surface area is 212 Å². The molecule has 1 aliphatic carbocycles. The van der Waals surface area contributed by atoms with Gasteiger partial charge in [-0.05, 0) is 75.3 Å². The van der Waals surface area contributed by atoms with Crippen LogP contribution in [0.2, 0.25) is 0 Å². The van der Waals surface area contributed by atoms with Crippen LogP contribution in [0.15, 0.2) is 42.5 Å². The van der Waals surface area contributed by atoms with E-state index in [9.17, 15) is 20.1 Å². The Kier molecular flexibility index (Phi) is 14.3. The van der Waals surface area contributed by atoms with Crippen molar-refractivity contribution >= 4 is 5.97 Å². The lowest BCUT2D eigenvalue weighted by Gasteiger charge is -2.33. The van der Waals surface area contributed by atoms with Crippen molar-refractivity contribution in [1.82, 2.24) is 0 Å². The molecule has 5 N–H and O–H groups in total. The van der Waals surface area contributed by atoms with Gasteiger partial charge in [-0.25, -0.2) is 0 Å². The molecule has 1 fully saturated rings. The molecule has 0 radical (unpaired) electrons. The van der Waals surface area contributed by atoms with Gasteiger partial charge < -0.3 is 21.1 Å².